The molecule has 0 bridgehead atoms. The zero-order chi connectivity index (χ0) is 14.0. The van der Waals surface area contributed by atoms with Gasteiger partial charge in [-0.3, -0.25) is 4.79 Å². The van der Waals surface area contributed by atoms with Gasteiger partial charge in [-0.25, -0.2) is 8.78 Å². The van der Waals surface area contributed by atoms with Crippen LogP contribution in [0, 0.1) is 11.6 Å². The molecule has 2 aromatic carbocycles. The Labute approximate surface area is 113 Å². The van der Waals surface area contributed by atoms with Crippen molar-refractivity contribution in [1.29, 1.82) is 0 Å². The van der Waals surface area contributed by atoms with Gasteiger partial charge in [-0.1, -0.05) is 23.7 Å². The number of benzene rings is 2. The summed E-state index contributed by atoms with van der Waals surface area (Å²) in [6.07, 6.45) is 0. The van der Waals surface area contributed by atoms with Gasteiger partial charge >= 0.3 is 0 Å². The number of rotatable bonds is 3. The summed E-state index contributed by atoms with van der Waals surface area (Å²) in [6.45, 7) is 0. The third-order valence-electron chi connectivity index (χ3n) is 2.59. The molecule has 5 heteroatoms. The average molecular weight is 283 g/mol. The van der Waals surface area contributed by atoms with Gasteiger partial charge in [0.2, 0.25) is 0 Å². The fourth-order valence-electron chi connectivity index (χ4n) is 1.62. The molecule has 0 aliphatic rings. The van der Waals surface area contributed by atoms with Gasteiger partial charge in [-0.15, -0.1) is 0 Å². The molecule has 0 N–H and O–H groups in total. The molecule has 0 aromatic heterocycles. The smallest absolute Gasteiger partial charge is 0.196 e. The number of ketones is 1. The molecule has 0 aliphatic heterocycles. The summed E-state index contributed by atoms with van der Waals surface area (Å²) in [5, 5.41) is -0.361. The highest BCUT2D eigenvalue weighted by Gasteiger charge is 2.17. The van der Waals surface area contributed by atoms with Crippen LogP contribution in [0.4, 0.5) is 8.78 Å². The molecule has 0 saturated carbocycles. The third kappa shape index (κ3) is 2.74. The Morgan fingerprint density at radius 2 is 1.89 bits per heavy atom. The maximum absolute atomic E-state index is 13.6. The Balaban J connectivity index is 2.46. The number of carbonyl (C=O) groups is 1. The van der Waals surface area contributed by atoms with Crippen molar-refractivity contribution in [1.82, 2.24) is 0 Å². The molecule has 98 valence electrons. The lowest BCUT2D eigenvalue weighted by Crippen LogP contribution is -2.05. The summed E-state index contributed by atoms with van der Waals surface area (Å²) in [7, 11) is 1.45. The van der Waals surface area contributed by atoms with Crippen LogP contribution >= 0.6 is 11.6 Å². The van der Waals surface area contributed by atoms with Crippen LogP contribution in [0.2, 0.25) is 5.02 Å². The van der Waals surface area contributed by atoms with Gasteiger partial charge in [0, 0.05) is 5.56 Å². The summed E-state index contributed by atoms with van der Waals surface area (Å²) < 4.78 is 31.9. The standard InChI is InChI=1S/C14H9ClF2O2/c1-19-9-4-2-3-8(5-9)14(18)10-6-13(17)11(15)7-12(10)16/h2-7H,1H3. The summed E-state index contributed by atoms with van der Waals surface area (Å²) in [5.41, 5.74) is -0.157. The molecule has 0 atom stereocenters. The molecule has 2 aromatic rings. The first-order chi connectivity index (χ1) is 9.02. The van der Waals surface area contributed by atoms with Gasteiger partial charge in [0.05, 0.1) is 17.7 Å². The topological polar surface area (TPSA) is 26.3 Å². The molecular weight excluding hydrogens is 274 g/mol. The summed E-state index contributed by atoms with van der Waals surface area (Å²) in [5.74, 6) is -1.87. The molecule has 0 fully saturated rings. The molecule has 0 saturated heterocycles. The van der Waals surface area contributed by atoms with Crippen molar-refractivity contribution in [2.45, 2.75) is 0 Å². The number of hydrogen-bond acceptors (Lipinski definition) is 2. The maximum atomic E-state index is 13.6. The molecule has 0 unspecified atom stereocenters. The largest absolute Gasteiger partial charge is 0.497 e. The van der Waals surface area contributed by atoms with Crippen molar-refractivity contribution < 1.29 is 18.3 Å². The highest BCUT2D eigenvalue weighted by Crippen LogP contribution is 2.23. The SMILES string of the molecule is COc1cccc(C(=O)c2cc(F)c(Cl)cc2F)c1. The third-order valence-corrected chi connectivity index (χ3v) is 2.88. The summed E-state index contributed by atoms with van der Waals surface area (Å²) in [6, 6.07) is 7.76. The second kappa shape index (κ2) is 5.36. The van der Waals surface area contributed by atoms with Crippen LogP contribution < -0.4 is 4.74 Å². The Hall–Kier alpha value is -1.94. The lowest BCUT2D eigenvalue weighted by Gasteiger charge is -2.06. The zero-order valence-electron chi connectivity index (χ0n) is 9.91. The quantitative estimate of drug-likeness (QED) is 0.631. The second-order valence-electron chi connectivity index (χ2n) is 3.81. The van der Waals surface area contributed by atoms with E-state index < -0.39 is 17.4 Å². The molecule has 0 radical (unpaired) electrons. The van der Waals surface area contributed by atoms with Crippen molar-refractivity contribution >= 4 is 17.4 Å². The van der Waals surface area contributed by atoms with E-state index in [1.54, 1.807) is 12.1 Å². The first-order valence-corrected chi connectivity index (χ1v) is 5.74. The van der Waals surface area contributed by atoms with E-state index in [2.05, 4.69) is 0 Å². The first kappa shape index (κ1) is 13.5. The van der Waals surface area contributed by atoms with Gasteiger partial charge in [0.15, 0.2) is 5.78 Å². The molecule has 0 amide bonds. The lowest BCUT2D eigenvalue weighted by molar-refractivity contribution is 0.103. The van der Waals surface area contributed by atoms with Crippen molar-refractivity contribution in [3.8, 4) is 5.75 Å². The summed E-state index contributed by atoms with van der Waals surface area (Å²) >= 11 is 5.44. The van der Waals surface area contributed by atoms with Crippen molar-refractivity contribution in [2.24, 2.45) is 0 Å². The van der Waals surface area contributed by atoms with E-state index in [0.29, 0.717) is 5.75 Å². The molecular formula is C14H9ClF2O2. The van der Waals surface area contributed by atoms with Crippen LogP contribution in [-0.2, 0) is 0 Å². The minimum atomic E-state index is -0.862. The van der Waals surface area contributed by atoms with Gasteiger partial charge in [0.25, 0.3) is 0 Å². The van der Waals surface area contributed by atoms with Crippen LogP contribution in [-0.4, -0.2) is 12.9 Å². The molecule has 19 heavy (non-hydrogen) atoms. The lowest BCUT2D eigenvalue weighted by atomic mass is 10.0. The number of ether oxygens (including phenoxy) is 1. The minimum absolute atomic E-state index is 0.208. The van der Waals surface area contributed by atoms with E-state index in [1.807, 2.05) is 0 Å². The van der Waals surface area contributed by atoms with E-state index in [9.17, 15) is 13.6 Å². The van der Waals surface area contributed by atoms with E-state index in [4.69, 9.17) is 16.3 Å². The van der Waals surface area contributed by atoms with E-state index >= 15 is 0 Å². The molecule has 0 spiro atoms. The zero-order valence-corrected chi connectivity index (χ0v) is 10.7. The van der Waals surface area contributed by atoms with E-state index in [-0.39, 0.29) is 16.1 Å². The Kier molecular flexibility index (Phi) is 3.81. The van der Waals surface area contributed by atoms with Gasteiger partial charge in [0.1, 0.15) is 17.4 Å². The fourth-order valence-corrected chi connectivity index (χ4v) is 1.77. The number of halogens is 3. The molecule has 2 nitrogen and oxygen atoms in total. The first-order valence-electron chi connectivity index (χ1n) is 5.36. The van der Waals surface area contributed by atoms with Crippen molar-refractivity contribution in [2.75, 3.05) is 7.11 Å². The minimum Gasteiger partial charge on any atom is -0.497 e. The van der Waals surface area contributed by atoms with E-state index in [0.717, 1.165) is 12.1 Å². The van der Waals surface area contributed by atoms with Crippen LogP contribution in [0.25, 0.3) is 0 Å². The van der Waals surface area contributed by atoms with Crippen LogP contribution in [0.1, 0.15) is 15.9 Å². The number of hydrogen-bond donors (Lipinski definition) is 0. The Morgan fingerprint density at radius 3 is 2.58 bits per heavy atom. The number of methoxy groups -OCH3 is 1. The van der Waals surface area contributed by atoms with Crippen molar-refractivity contribution in [3.05, 3.63) is 64.2 Å². The molecule has 0 heterocycles. The van der Waals surface area contributed by atoms with Crippen molar-refractivity contribution in [3.63, 3.8) is 0 Å². The summed E-state index contributed by atoms with van der Waals surface area (Å²) in [4.78, 5) is 12.1. The van der Waals surface area contributed by atoms with Crippen LogP contribution in [0.15, 0.2) is 36.4 Å². The molecule has 2 rings (SSSR count). The predicted octanol–water partition coefficient (Wildman–Crippen LogP) is 3.86. The Bertz CT molecular complexity index is 641. The van der Waals surface area contributed by atoms with Crippen LogP contribution in [0.3, 0.4) is 0 Å². The van der Waals surface area contributed by atoms with Gasteiger partial charge in [-0.2, -0.15) is 0 Å². The van der Waals surface area contributed by atoms with Crippen LogP contribution in [0.5, 0.6) is 5.75 Å². The van der Waals surface area contributed by atoms with E-state index in [1.165, 1.54) is 19.2 Å². The second-order valence-corrected chi connectivity index (χ2v) is 4.21. The average Bonchev–Trinajstić information content (AvgIpc) is 2.42. The fraction of sp³-hybridized carbons (Fsp3) is 0.0714. The normalized spacial score (nSPS) is 10.3. The predicted molar refractivity (Wildman–Crippen MR) is 67.8 cm³/mol. The monoisotopic (exact) mass is 282 g/mol. The maximum Gasteiger partial charge on any atom is 0.196 e. The number of carbonyl (C=O) groups excluding carboxylic acids is 1. The highest BCUT2D eigenvalue weighted by atomic mass is 35.5. The van der Waals surface area contributed by atoms with Gasteiger partial charge in [-0.05, 0) is 24.3 Å². The highest BCUT2D eigenvalue weighted by molar-refractivity contribution is 6.30. The van der Waals surface area contributed by atoms with Gasteiger partial charge < -0.3 is 4.74 Å². The molecule has 0 aliphatic carbocycles. The Morgan fingerprint density at radius 1 is 1.16 bits per heavy atom.